The molecule has 0 aliphatic carbocycles. The Hall–Kier alpha value is -3.47. The van der Waals surface area contributed by atoms with Gasteiger partial charge in [0.05, 0.1) is 34.5 Å². The van der Waals surface area contributed by atoms with Crippen LogP contribution in [0.2, 0.25) is 0 Å². The number of aromatic nitrogens is 5. The van der Waals surface area contributed by atoms with Gasteiger partial charge in [-0.1, -0.05) is 0 Å². The quantitative estimate of drug-likeness (QED) is 0.453. The Morgan fingerprint density at radius 3 is 1.75 bits per heavy atom. The molecular weight excluding hydrogens is 298 g/mol. The van der Waals surface area contributed by atoms with Crippen LogP contribution in [0.15, 0.2) is 42.6 Å². The molecule has 3 aromatic heterocycles. The second-order valence-electron chi connectivity index (χ2n) is 5.76. The first-order chi connectivity index (χ1) is 11.8. The molecule has 3 aromatic rings. The fourth-order valence-electron chi connectivity index (χ4n) is 2.82. The zero-order chi connectivity index (χ0) is 15.9. The van der Waals surface area contributed by atoms with Crippen LogP contribution in [0.3, 0.4) is 0 Å². The zero-order valence-corrected chi connectivity index (χ0v) is 12.7. The Kier molecular flexibility index (Phi) is 2.72. The third kappa shape index (κ3) is 2.42. The molecule has 0 aromatic carbocycles. The van der Waals surface area contributed by atoms with Crippen molar-refractivity contribution in [2.45, 2.75) is 0 Å². The van der Waals surface area contributed by atoms with E-state index in [-0.39, 0.29) is 0 Å². The summed E-state index contributed by atoms with van der Waals surface area (Å²) >= 11 is 0. The molecule has 5 rings (SSSR count). The summed E-state index contributed by atoms with van der Waals surface area (Å²) in [6.45, 7) is 0. The molecule has 0 amide bonds. The van der Waals surface area contributed by atoms with Gasteiger partial charge in [0.15, 0.2) is 0 Å². The van der Waals surface area contributed by atoms with E-state index in [4.69, 9.17) is 0 Å². The van der Waals surface area contributed by atoms with Gasteiger partial charge in [-0.3, -0.25) is 0 Å². The summed E-state index contributed by atoms with van der Waals surface area (Å²) in [6, 6.07) is 12.0. The number of nitrogens with zero attached hydrogens (tertiary/aromatic N) is 3. The normalized spacial score (nSPS) is 12.7. The summed E-state index contributed by atoms with van der Waals surface area (Å²) in [5.41, 5.74) is 7.32. The van der Waals surface area contributed by atoms with E-state index in [2.05, 4.69) is 24.9 Å². The molecule has 5 nitrogen and oxygen atoms in total. The van der Waals surface area contributed by atoms with E-state index in [0.717, 1.165) is 45.0 Å². The smallest absolute Gasteiger partial charge is 0.132 e. The van der Waals surface area contributed by atoms with Gasteiger partial charge in [0.25, 0.3) is 0 Å². The summed E-state index contributed by atoms with van der Waals surface area (Å²) in [7, 11) is 0. The Bertz CT molecular complexity index is 986. The minimum Gasteiger partial charge on any atom is -0.355 e. The highest BCUT2D eigenvalue weighted by Gasteiger charge is 2.01. The van der Waals surface area contributed by atoms with Crippen molar-refractivity contribution in [3.05, 3.63) is 65.4 Å². The van der Waals surface area contributed by atoms with E-state index in [1.165, 1.54) is 0 Å². The van der Waals surface area contributed by atoms with E-state index >= 15 is 0 Å². The Morgan fingerprint density at radius 2 is 1.12 bits per heavy atom. The summed E-state index contributed by atoms with van der Waals surface area (Å²) in [4.78, 5) is 20.2. The van der Waals surface area contributed by atoms with Crippen LogP contribution in [0.25, 0.3) is 46.5 Å². The lowest BCUT2D eigenvalue weighted by Crippen LogP contribution is -1.75. The fourth-order valence-corrected chi connectivity index (χ4v) is 2.82. The maximum Gasteiger partial charge on any atom is 0.132 e. The number of H-pyrrole nitrogens is 2. The monoisotopic (exact) mass is 311 g/mol. The standard InChI is InChI=1S/C19H13N5/c1-2-13-8-15-5-6-17(23-15)10-19-20-11-18(24-19)9-16-4-3-14(22-16)7-12(1)21-13/h1-11,21H,(H,20,24). The van der Waals surface area contributed by atoms with Gasteiger partial charge < -0.3 is 9.97 Å². The number of aromatic amines is 2. The largest absolute Gasteiger partial charge is 0.355 e. The molecule has 0 radical (unpaired) electrons. The third-order valence-electron chi connectivity index (χ3n) is 3.91. The molecule has 5 heteroatoms. The molecule has 0 spiro atoms. The van der Waals surface area contributed by atoms with E-state index in [9.17, 15) is 0 Å². The van der Waals surface area contributed by atoms with E-state index in [1.54, 1.807) is 6.20 Å². The first kappa shape index (κ1) is 13.0. The summed E-state index contributed by atoms with van der Waals surface area (Å²) < 4.78 is 0. The molecule has 0 atom stereocenters. The zero-order valence-electron chi connectivity index (χ0n) is 12.7. The molecule has 2 N–H and O–H groups in total. The highest BCUT2D eigenvalue weighted by atomic mass is 14.9. The van der Waals surface area contributed by atoms with Crippen LogP contribution in [0, 0.1) is 0 Å². The first-order valence-corrected chi connectivity index (χ1v) is 7.71. The first-order valence-electron chi connectivity index (χ1n) is 7.71. The topological polar surface area (TPSA) is 70.2 Å². The molecule has 24 heavy (non-hydrogen) atoms. The molecular formula is C19H13N5. The van der Waals surface area contributed by atoms with E-state index in [1.807, 2.05) is 60.7 Å². The van der Waals surface area contributed by atoms with Crippen LogP contribution >= 0.6 is 0 Å². The van der Waals surface area contributed by atoms with Gasteiger partial charge in [-0.15, -0.1) is 0 Å². The van der Waals surface area contributed by atoms with Crippen molar-refractivity contribution < 1.29 is 0 Å². The van der Waals surface area contributed by atoms with Gasteiger partial charge in [-0.25, -0.2) is 15.0 Å². The van der Waals surface area contributed by atoms with Gasteiger partial charge >= 0.3 is 0 Å². The Balaban J connectivity index is 1.85. The molecule has 2 aliphatic heterocycles. The number of hydrogen-bond donors (Lipinski definition) is 2. The number of hydrogen-bond acceptors (Lipinski definition) is 3. The highest BCUT2D eigenvalue weighted by Crippen LogP contribution is 2.16. The van der Waals surface area contributed by atoms with Crippen LogP contribution in [-0.4, -0.2) is 24.9 Å². The number of imidazole rings is 1. The fraction of sp³-hybridized carbons (Fsp3) is 0. The second kappa shape index (κ2) is 5.03. The van der Waals surface area contributed by atoms with E-state index < -0.39 is 0 Å². The Labute approximate surface area is 137 Å². The summed E-state index contributed by atoms with van der Waals surface area (Å²) in [6.07, 6.45) is 9.77. The summed E-state index contributed by atoms with van der Waals surface area (Å²) in [5, 5.41) is 0. The van der Waals surface area contributed by atoms with Gasteiger partial charge in [-0.05, 0) is 54.6 Å². The predicted octanol–water partition coefficient (Wildman–Crippen LogP) is 4.05. The van der Waals surface area contributed by atoms with Crippen molar-refractivity contribution >= 4 is 46.5 Å². The van der Waals surface area contributed by atoms with Gasteiger partial charge in [0.2, 0.25) is 0 Å². The van der Waals surface area contributed by atoms with Gasteiger partial charge in [0, 0.05) is 17.1 Å². The van der Waals surface area contributed by atoms with Crippen LogP contribution in [-0.2, 0) is 0 Å². The van der Waals surface area contributed by atoms with Crippen molar-refractivity contribution in [1.29, 1.82) is 0 Å². The second-order valence-corrected chi connectivity index (χ2v) is 5.76. The molecule has 0 fully saturated rings. The van der Waals surface area contributed by atoms with Crippen molar-refractivity contribution in [1.82, 2.24) is 24.9 Å². The van der Waals surface area contributed by atoms with Crippen LogP contribution < -0.4 is 0 Å². The minimum absolute atomic E-state index is 0.776. The lowest BCUT2D eigenvalue weighted by Gasteiger charge is -1.85. The average Bonchev–Trinajstić information content (AvgIpc) is 3.32. The van der Waals surface area contributed by atoms with Gasteiger partial charge in [-0.2, -0.15) is 0 Å². The van der Waals surface area contributed by atoms with Crippen molar-refractivity contribution in [2.75, 3.05) is 0 Å². The average molecular weight is 311 g/mol. The van der Waals surface area contributed by atoms with Crippen LogP contribution in [0.1, 0.15) is 22.8 Å². The van der Waals surface area contributed by atoms with Crippen molar-refractivity contribution in [3.8, 4) is 0 Å². The van der Waals surface area contributed by atoms with Crippen LogP contribution in [0.4, 0.5) is 0 Å². The lowest BCUT2D eigenvalue weighted by atomic mass is 10.3. The van der Waals surface area contributed by atoms with Gasteiger partial charge in [0.1, 0.15) is 5.65 Å². The van der Waals surface area contributed by atoms with Crippen molar-refractivity contribution in [2.24, 2.45) is 0 Å². The molecule has 2 aliphatic rings. The maximum atomic E-state index is 4.61. The Morgan fingerprint density at radius 1 is 0.583 bits per heavy atom. The number of nitrogens with one attached hydrogen (secondary N) is 2. The number of rotatable bonds is 0. The maximum absolute atomic E-state index is 4.61. The molecule has 0 unspecified atom stereocenters. The molecule has 114 valence electrons. The SMILES string of the molecule is C1=Cc2cc3cnc(cc4nc(cc5ccc(cc1n2)[nH]5)C=C4)[nH]3. The summed E-state index contributed by atoms with van der Waals surface area (Å²) in [5.74, 6) is 0. The van der Waals surface area contributed by atoms with Crippen molar-refractivity contribution in [3.63, 3.8) is 0 Å². The predicted molar refractivity (Wildman–Crippen MR) is 96.7 cm³/mol. The number of fused-ring (bicyclic) bond motifs is 8. The van der Waals surface area contributed by atoms with Crippen LogP contribution in [0.5, 0.6) is 0 Å². The van der Waals surface area contributed by atoms with E-state index in [0.29, 0.717) is 0 Å². The minimum atomic E-state index is 0.776. The highest BCUT2D eigenvalue weighted by molar-refractivity contribution is 5.76. The lowest BCUT2D eigenvalue weighted by molar-refractivity contribution is 1.31. The molecule has 0 saturated carbocycles. The molecule has 0 saturated heterocycles. The molecule has 5 heterocycles. The third-order valence-corrected chi connectivity index (χ3v) is 3.91. The molecule has 8 bridgehead atoms.